The number of hydrogen-bond donors (Lipinski definition) is 0. The molecule has 0 bridgehead atoms. The maximum atomic E-state index is 2.50. The van der Waals surface area contributed by atoms with Gasteiger partial charge in [0.25, 0.3) is 0 Å². The van der Waals surface area contributed by atoms with Gasteiger partial charge in [-0.15, -0.1) is 24.8 Å². The number of unbranched alkanes of at least 4 members (excludes halogenated alkanes) is 2. The Morgan fingerprint density at radius 3 is 1.95 bits per heavy atom. The van der Waals surface area contributed by atoms with E-state index in [9.17, 15) is 0 Å². The van der Waals surface area contributed by atoms with Crippen LogP contribution in [-0.4, -0.2) is 23.3 Å². The van der Waals surface area contributed by atoms with E-state index in [-0.39, 0.29) is 24.8 Å². The molecule has 0 N–H and O–H groups in total. The quantitative estimate of drug-likeness (QED) is 0.438. The van der Waals surface area contributed by atoms with E-state index >= 15 is 0 Å². The monoisotopic (exact) mass is 371 g/mol. The number of allylic oxidation sites excluding steroid dienone is 4. The zero-order chi connectivity index (χ0) is 14.3. The first-order valence-corrected chi connectivity index (χ1v) is 12.0. The minimum Gasteiger partial charge on any atom is -0.147 e. The summed E-state index contributed by atoms with van der Waals surface area (Å²) in [5.41, 5.74) is 0. The minimum atomic E-state index is -1.95. The van der Waals surface area contributed by atoms with Gasteiger partial charge >= 0.3 is 124 Å². The molecule has 0 radical (unpaired) electrons. The van der Waals surface area contributed by atoms with E-state index in [4.69, 9.17) is 0 Å². The standard InChI is InChI=1S/C5H5.C4H10N.2C4H9.2ClH.Ti/c1-2-4-5-3-1;1-4-5(2)3;2*1-3-4-2;;;/h1-3H,4H2;4H,1-3H3;2*1,3-4H2,2H3;2*1H;. The molecule has 0 aromatic carbocycles. The van der Waals surface area contributed by atoms with E-state index in [0.29, 0.717) is 0 Å². The maximum absolute atomic E-state index is 2.50. The molecule has 1 aliphatic rings. The van der Waals surface area contributed by atoms with Crippen LogP contribution in [0.3, 0.4) is 0 Å². The largest absolute Gasteiger partial charge is 0.147 e. The summed E-state index contributed by atoms with van der Waals surface area (Å²) >= 11 is -1.95. The van der Waals surface area contributed by atoms with Crippen molar-refractivity contribution in [2.75, 3.05) is 14.1 Å². The van der Waals surface area contributed by atoms with E-state index in [1.54, 1.807) is 0 Å². The fourth-order valence-electron chi connectivity index (χ4n) is 3.43. The molecule has 1 atom stereocenters. The van der Waals surface area contributed by atoms with E-state index in [0.717, 1.165) is 4.35 Å². The van der Waals surface area contributed by atoms with E-state index < -0.39 is 16.6 Å². The van der Waals surface area contributed by atoms with Crippen molar-refractivity contribution in [3.8, 4) is 0 Å². The molecule has 1 nitrogen and oxygen atoms in total. The summed E-state index contributed by atoms with van der Waals surface area (Å²) in [6.07, 6.45) is 14.0. The van der Waals surface area contributed by atoms with Crippen LogP contribution >= 0.6 is 24.8 Å². The van der Waals surface area contributed by atoms with E-state index in [1.807, 2.05) is 3.88 Å². The van der Waals surface area contributed by atoms with Crippen molar-refractivity contribution >= 4 is 24.8 Å². The third-order valence-electron chi connectivity index (χ3n) is 4.94. The van der Waals surface area contributed by atoms with Crippen LogP contribution in [0.2, 0.25) is 9.45 Å². The summed E-state index contributed by atoms with van der Waals surface area (Å²) < 4.78 is 5.74. The summed E-state index contributed by atoms with van der Waals surface area (Å²) in [4.78, 5) is 2.50. The normalized spacial score (nSPS) is 15.4. The van der Waals surface area contributed by atoms with Crippen LogP contribution < -0.4 is 0 Å². The molecular formula is C17H35Cl2NTi. The van der Waals surface area contributed by atoms with Gasteiger partial charge < -0.3 is 0 Å². The number of rotatable bonds is 9. The SMILES string of the molecule is CCC[CH2][Ti]([CH2]CCC)([C]1=CC=CC1)[CH](C)N(C)C.Cl.Cl. The Kier molecular flexibility index (Phi) is 13.9. The van der Waals surface area contributed by atoms with Gasteiger partial charge in [-0.25, -0.2) is 0 Å². The average Bonchev–Trinajstić information content (AvgIpc) is 2.93. The second-order valence-corrected chi connectivity index (χ2v) is 13.8. The van der Waals surface area contributed by atoms with Crippen LogP contribution in [-0.2, 0) is 16.6 Å². The van der Waals surface area contributed by atoms with Gasteiger partial charge in [0, 0.05) is 0 Å². The molecular weight excluding hydrogens is 337 g/mol. The van der Waals surface area contributed by atoms with Crippen LogP contribution in [0.1, 0.15) is 52.9 Å². The Balaban J connectivity index is 0. The molecule has 0 saturated heterocycles. The van der Waals surface area contributed by atoms with Gasteiger partial charge in [0.05, 0.1) is 0 Å². The predicted molar refractivity (Wildman–Crippen MR) is 98.9 cm³/mol. The van der Waals surface area contributed by atoms with Crippen molar-refractivity contribution < 1.29 is 16.6 Å². The molecule has 126 valence electrons. The molecule has 21 heavy (non-hydrogen) atoms. The number of halogens is 2. The van der Waals surface area contributed by atoms with Gasteiger partial charge in [0.1, 0.15) is 0 Å². The van der Waals surface area contributed by atoms with Crippen LogP contribution in [0.25, 0.3) is 0 Å². The molecule has 1 aliphatic carbocycles. The molecule has 0 saturated carbocycles. The molecule has 0 aliphatic heterocycles. The summed E-state index contributed by atoms with van der Waals surface area (Å²) in [5.74, 6) is 0. The third kappa shape index (κ3) is 6.39. The summed E-state index contributed by atoms with van der Waals surface area (Å²) in [5, 5.41) is 0. The van der Waals surface area contributed by atoms with E-state index in [2.05, 4.69) is 58.0 Å². The predicted octanol–water partition coefficient (Wildman–Crippen LogP) is 6.17. The zero-order valence-electron chi connectivity index (χ0n) is 14.5. The van der Waals surface area contributed by atoms with Gasteiger partial charge in [0.15, 0.2) is 0 Å². The van der Waals surface area contributed by atoms with Crippen molar-refractivity contribution in [1.82, 2.24) is 4.90 Å². The summed E-state index contributed by atoms with van der Waals surface area (Å²) in [6, 6.07) is 0. The first kappa shape index (κ1) is 24.0. The van der Waals surface area contributed by atoms with Crippen molar-refractivity contribution in [2.24, 2.45) is 0 Å². The molecule has 0 fully saturated rings. The second-order valence-electron chi connectivity index (χ2n) is 6.33. The van der Waals surface area contributed by atoms with Crippen LogP contribution in [0.15, 0.2) is 22.1 Å². The fraction of sp³-hybridized carbons (Fsp3) is 0.765. The summed E-state index contributed by atoms with van der Waals surface area (Å²) in [7, 11) is 4.57. The van der Waals surface area contributed by atoms with Crippen molar-refractivity contribution in [2.45, 2.75) is 66.7 Å². The molecule has 4 heteroatoms. The topological polar surface area (TPSA) is 3.24 Å². The van der Waals surface area contributed by atoms with Gasteiger partial charge in [-0.3, -0.25) is 0 Å². The Bertz CT molecular complexity index is 319. The summed E-state index contributed by atoms with van der Waals surface area (Å²) in [6.45, 7) is 7.19. The zero-order valence-corrected chi connectivity index (χ0v) is 17.7. The van der Waals surface area contributed by atoms with Gasteiger partial charge in [0.2, 0.25) is 0 Å². The molecule has 1 rings (SSSR count). The molecule has 0 heterocycles. The van der Waals surface area contributed by atoms with Gasteiger partial charge in [-0.1, -0.05) is 0 Å². The van der Waals surface area contributed by atoms with Gasteiger partial charge in [-0.2, -0.15) is 0 Å². The van der Waals surface area contributed by atoms with Gasteiger partial charge in [-0.05, 0) is 0 Å². The van der Waals surface area contributed by atoms with Crippen molar-refractivity contribution in [1.29, 1.82) is 0 Å². The Hall–Kier alpha value is 0.734. The molecule has 0 spiro atoms. The molecule has 0 amide bonds. The molecule has 0 aromatic rings. The second kappa shape index (κ2) is 12.2. The third-order valence-corrected chi connectivity index (χ3v) is 14.7. The Morgan fingerprint density at radius 1 is 1.10 bits per heavy atom. The average molecular weight is 372 g/mol. The maximum Gasteiger partial charge on any atom is -0.147 e. The minimum absolute atomic E-state index is 0. The smallest absolute Gasteiger partial charge is 0.147 e. The number of hydrogen-bond acceptors (Lipinski definition) is 1. The molecule has 0 aromatic heterocycles. The van der Waals surface area contributed by atoms with Crippen molar-refractivity contribution in [3.63, 3.8) is 0 Å². The van der Waals surface area contributed by atoms with Crippen molar-refractivity contribution in [3.05, 3.63) is 22.1 Å². The Labute approximate surface area is 148 Å². The fourth-order valence-corrected chi connectivity index (χ4v) is 13.1. The van der Waals surface area contributed by atoms with Crippen LogP contribution in [0.4, 0.5) is 0 Å². The molecule has 1 unspecified atom stereocenters. The van der Waals surface area contributed by atoms with E-state index in [1.165, 1.54) is 41.6 Å². The number of nitrogens with zero attached hydrogens (tertiary/aromatic N) is 1. The first-order valence-electron chi connectivity index (χ1n) is 8.11. The first-order chi connectivity index (χ1) is 9.08. The van der Waals surface area contributed by atoms with Crippen LogP contribution in [0, 0.1) is 0 Å². The Morgan fingerprint density at radius 2 is 1.62 bits per heavy atom. The van der Waals surface area contributed by atoms with Crippen LogP contribution in [0.5, 0.6) is 0 Å².